The van der Waals surface area contributed by atoms with Gasteiger partial charge in [0.05, 0.1) is 12.5 Å². The Balaban J connectivity index is -0.00000000723. The Bertz CT molecular complexity index is 244. The number of rotatable bonds is 0. The SMILES string of the molecule is C.C.C.CC.CC.CC.CC.CS(=O)(=O)Cl.CS(N)(=O)=O.[B].[B].[B]. The predicted molar refractivity (Wildman–Crippen MR) is 123 cm³/mol. The van der Waals surface area contributed by atoms with E-state index in [1.807, 2.05) is 55.4 Å². The molecule has 2 N–H and O–H groups in total. The van der Waals surface area contributed by atoms with Crippen molar-refractivity contribution in [2.24, 2.45) is 5.14 Å². The highest BCUT2D eigenvalue weighted by Gasteiger charge is 1.83. The Kier molecular flexibility index (Phi) is 277. The average Bonchev–Trinajstić information content (AvgIpc) is 2.24. The van der Waals surface area contributed by atoms with Crippen LogP contribution in [0.5, 0.6) is 0 Å². The third-order valence-corrected chi connectivity index (χ3v) is 0. The number of sulfonamides is 1. The molecule has 0 bridgehead atoms. The second kappa shape index (κ2) is 76.5. The topological polar surface area (TPSA) is 94.3 Å². The van der Waals surface area contributed by atoms with Crippen LogP contribution in [0.15, 0.2) is 0 Å². The van der Waals surface area contributed by atoms with Crippen molar-refractivity contribution < 1.29 is 16.8 Å². The second-order valence-electron chi connectivity index (χ2n) is 1.51. The fourth-order valence-corrected chi connectivity index (χ4v) is 0. The van der Waals surface area contributed by atoms with E-state index in [9.17, 15) is 16.8 Å². The van der Waals surface area contributed by atoms with Crippen LogP contribution >= 0.6 is 10.7 Å². The average molecular weight is 411 g/mol. The van der Waals surface area contributed by atoms with Gasteiger partial charge in [0, 0.05) is 35.9 Å². The van der Waals surface area contributed by atoms with Crippen LogP contribution in [-0.2, 0) is 19.1 Å². The van der Waals surface area contributed by atoms with Crippen LogP contribution in [0.25, 0.3) is 0 Å². The number of halogens is 1. The minimum atomic E-state index is -3.19. The third-order valence-electron chi connectivity index (χ3n) is 0. The molecule has 153 valence electrons. The van der Waals surface area contributed by atoms with Gasteiger partial charge in [0.25, 0.3) is 0 Å². The summed E-state index contributed by atoms with van der Waals surface area (Å²) in [6, 6.07) is 0. The van der Waals surface area contributed by atoms with Gasteiger partial charge in [0.1, 0.15) is 0 Å². The maximum Gasteiger partial charge on any atom is 0.229 e. The van der Waals surface area contributed by atoms with Crippen molar-refractivity contribution in [1.29, 1.82) is 0 Å². The van der Waals surface area contributed by atoms with E-state index in [0.717, 1.165) is 12.5 Å². The minimum absolute atomic E-state index is 0. The van der Waals surface area contributed by atoms with E-state index in [1.54, 1.807) is 0 Å². The van der Waals surface area contributed by atoms with Crippen LogP contribution in [0.3, 0.4) is 0 Å². The molecule has 0 spiro atoms. The first-order chi connectivity index (χ1) is 8.00. The highest BCUT2D eigenvalue weighted by molar-refractivity contribution is 8.13. The molecule has 0 aliphatic rings. The molecule has 0 heterocycles. The highest BCUT2D eigenvalue weighted by Crippen LogP contribution is 1.83. The molecule has 0 aliphatic heterocycles. The zero-order chi connectivity index (χ0) is 17.0. The lowest BCUT2D eigenvalue weighted by atomic mass is 10.8. The number of nitrogens with two attached hydrogens (primary N) is 1. The summed E-state index contributed by atoms with van der Waals surface area (Å²) in [6.45, 7) is 16.0. The predicted octanol–water partition coefficient (Wildman–Crippen LogP) is 3.96. The van der Waals surface area contributed by atoms with E-state index >= 15 is 0 Å². The quantitative estimate of drug-likeness (QED) is 0.483. The number of primary sulfonamides is 1. The molecular weight excluding hydrogens is 366 g/mol. The van der Waals surface area contributed by atoms with Gasteiger partial charge < -0.3 is 0 Å². The lowest BCUT2D eigenvalue weighted by Crippen LogP contribution is -2.07. The summed E-state index contributed by atoms with van der Waals surface area (Å²) in [5, 5.41) is 4.33. The fraction of sp³-hybridized carbons (Fsp3) is 1.00. The van der Waals surface area contributed by atoms with Crippen molar-refractivity contribution in [3.63, 3.8) is 0 Å². The Hall–Kier alpha value is 0.345. The highest BCUT2D eigenvalue weighted by atomic mass is 35.7. The van der Waals surface area contributed by atoms with Gasteiger partial charge in [-0.2, -0.15) is 0 Å². The first-order valence-corrected chi connectivity index (χ1v) is 10.5. The standard InChI is InChI=1S/4C2H6.CH3ClO2S.CH5NO2S.3CH4.3B/c4*1-2;2*1-5(2,3)4;;;;;;/h4*1-2H3;1H3;1H3,(H2,2,3,4);3*1H4;;;. The van der Waals surface area contributed by atoms with Crippen molar-refractivity contribution in [1.82, 2.24) is 0 Å². The van der Waals surface area contributed by atoms with Gasteiger partial charge in [-0.1, -0.05) is 77.7 Å². The Morgan fingerprint density at radius 1 is 0.583 bits per heavy atom. The molecule has 5 nitrogen and oxygen atoms in total. The van der Waals surface area contributed by atoms with E-state index in [2.05, 4.69) is 15.8 Å². The van der Waals surface area contributed by atoms with Crippen molar-refractivity contribution in [3.8, 4) is 0 Å². The van der Waals surface area contributed by atoms with Gasteiger partial charge in [-0.05, 0) is 0 Å². The van der Waals surface area contributed by atoms with Gasteiger partial charge in [-0.25, -0.2) is 22.0 Å². The second-order valence-corrected chi connectivity index (χ2v) is 6.22. The van der Waals surface area contributed by atoms with Crippen molar-refractivity contribution >= 4 is 55.0 Å². The molecule has 0 aromatic carbocycles. The molecule has 0 saturated heterocycles. The lowest BCUT2D eigenvalue weighted by molar-refractivity contribution is 0.603. The molecule has 0 atom stereocenters. The number of hydrogen-bond donors (Lipinski definition) is 1. The molecule has 0 rings (SSSR count). The van der Waals surface area contributed by atoms with Gasteiger partial charge >= 0.3 is 0 Å². The van der Waals surface area contributed by atoms with Crippen LogP contribution in [-0.4, -0.2) is 54.6 Å². The van der Waals surface area contributed by atoms with E-state index < -0.39 is 19.1 Å². The Morgan fingerprint density at radius 2 is 0.583 bits per heavy atom. The Morgan fingerprint density at radius 3 is 0.583 bits per heavy atom. The minimum Gasteiger partial charge on any atom is -0.229 e. The summed E-state index contributed by atoms with van der Waals surface area (Å²) in [6.07, 6.45) is 1.86. The van der Waals surface area contributed by atoms with Gasteiger partial charge in [0.15, 0.2) is 0 Å². The molecule has 0 amide bonds. The van der Waals surface area contributed by atoms with E-state index in [1.165, 1.54) is 0 Å². The fourth-order valence-electron chi connectivity index (χ4n) is 0. The first-order valence-electron chi connectivity index (χ1n) is 5.87. The zero-order valence-corrected chi connectivity index (χ0v) is 17.5. The molecule has 9 radical (unpaired) electrons. The molecule has 24 heavy (non-hydrogen) atoms. The molecule has 0 aliphatic carbocycles. The van der Waals surface area contributed by atoms with Crippen LogP contribution in [0.1, 0.15) is 77.7 Å². The lowest BCUT2D eigenvalue weighted by Gasteiger charge is -1.71. The zero-order valence-electron chi connectivity index (χ0n) is 15.1. The van der Waals surface area contributed by atoms with E-state index in [0.29, 0.717) is 0 Å². The summed E-state index contributed by atoms with van der Waals surface area (Å²) in [5.74, 6) is 0. The van der Waals surface area contributed by atoms with Gasteiger partial charge in [0.2, 0.25) is 19.1 Å². The molecule has 11 heteroatoms. The molecule has 0 aromatic heterocycles. The van der Waals surface area contributed by atoms with Crippen molar-refractivity contribution in [2.45, 2.75) is 77.7 Å². The smallest absolute Gasteiger partial charge is 0.229 e. The molecule has 0 fully saturated rings. The van der Waals surface area contributed by atoms with Crippen LogP contribution in [0.2, 0.25) is 0 Å². The first kappa shape index (κ1) is 87.1. The van der Waals surface area contributed by atoms with Gasteiger partial charge in [-0.3, -0.25) is 0 Å². The third kappa shape index (κ3) is 85600. The maximum atomic E-state index is 9.41. The molecule has 0 aromatic rings. The summed E-state index contributed by atoms with van der Waals surface area (Å²) < 4.78 is 37.6. The van der Waals surface area contributed by atoms with Gasteiger partial charge in [-0.15, -0.1) is 0 Å². The normalized spacial score (nSPS) is 5.83. The Labute approximate surface area is 167 Å². The maximum absolute atomic E-state index is 9.41. The molecular formula is C13H44B3ClNO4S2. The van der Waals surface area contributed by atoms with Crippen LogP contribution in [0.4, 0.5) is 0 Å². The van der Waals surface area contributed by atoms with Crippen molar-refractivity contribution in [3.05, 3.63) is 0 Å². The molecule has 0 unspecified atom stereocenters. The summed E-state index contributed by atoms with van der Waals surface area (Å²) in [4.78, 5) is 0. The summed E-state index contributed by atoms with van der Waals surface area (Å²) in [5.41, 5.74) is 0. The number of hydrogen-bond acceptors (Lipinski definition) is 4. The summed E-state index contributed by atoms with van der Waals surface area (Å²) in [7, 11) is -1.86. The van der Waals surface area contributed by atoms with Crippen molar-refractivity contribution in [2.75, 3.05) is 12.5 Å². The largest absolute Gasteiger partial charge is 0.229 e. The van der Waals surface area contributed by atoms with Crippen LogP contribution < -0.4 is 5.14 Å². The van der Waals surface area contributed by atoms with E-state index in [-0.39, 0.29) is 47.5 Å². The van der Waals surface area contributed by atoms with E-state index in [4.69, 9.17) is 0 Å². The summed E-state index contributed by atoms with van der Waals surface area (Å²) >= 11 is 0. The van der Waals surface area contributed by atoms with Crippen LogP contribution in [0, 0.1) is 0 Å². The monoisotopic (exact) mass is 410 g/mol. The molecule has 0 saturated carbocycles.